The zero-order valence-corrected chi connectivity index (χ0v) is 14.1. The maximum atomic E-state index is 6.10. The zero-order valence-electron chi connectivity index (χ0n) is 11.8. The van der Waals surface area contributed by atoms with E-state index in [0.29, 0.717) is 15.2 Å². The monoisotopic (exact) mass is 338 g/mol. The van der Waals surface area contributed by atoms with Crippen LogP contribution in [0.2, 0.25) is 10.0 Å². The molecule has 0 unspecified atom stereocenters. The third-order valence-corrected chi connectivity index (χ3v) is 4.08. The summed E-state index contributed by atoms with van der Waals surface area (Å²) in [5.41, 5.74) is 2.95. The molecule has 110 valence electrons. The Hall–Kier alpha value is -1.29. The SMILES string of the molecule is Cc1c(Cl)cccc1NC(=S)N[C@H](C)c1cccc(Cl)c1. The van der Waals surface area contributed by atoms with Gasteiger partial charge in [0.15, 0.2) is 5.11 Å². The molecule has 0 saturated carbocycles. The molecule has 0 aliphatic heterocycles. The van der Waals surface area contributed by atoms with Crippen LogP contribution in [0.4, 0.5) is 5.69 Å². The molecule has 0 amide bonds. The van der Waals surface area contributed by atoms with E-state index in [2.05, 4.69) is 10.6 Å². The molecule has 0 aromatic heterocycles. The van der Waals surface area contributed by atoms with Crippen molar-refractivity contribution in [3.63, 3.8) is 0 Å². The lowest BCUT2D eigenvalue weighted by molar-refractivity contribution is 0.722. The van der Waals surface area contributed by atoms with E-state index >= 15 is 0 Å². The highest BCUT2D eigenvalue weighted by atomic mass is 35.5. The standard InChI is InChI=1S/C16H16Cl2N2S/c1-10-14(18)7-4-8-15(10)20-16(21)19-11(2)12-5-3-6-13(17)9-12/h3-9,11H,1-2H3,(H2,19,20,21)/t11-/m1/s1. The lowest BCUT2D eigenvalue weighted by atomic mass is 10.1. The van der Waals surface area contributed by atoms with Crippen LogP contribution in [0.15, 0.2) is 42.5 Å². The van der Waals surface area contributed by atoms with Gasteiger partial charge >= 0.3 is 0 Å². The van der Waals surface area contributed by atoms with Crippen molar-refractivity contribution in [3.8, 4) is 0 Å². The van der Waals surface area contributed by atoms with Gasteiger partial charge in [0.25, 0.3) is 0 Å². The maximum absolute atomic E-state index is 6.10. The van der Waals surface area contributed by atoms with Crippen molar-refractivity contribution in [2.45, 2.75) is 19.9 Å². The van der Waals surface area contributed by atoms with Gasteiger partial charge in [-0.05, 0) is 61.5 Å². The third kappa shape index (κ3) is 4.34. The number of hydrogen-bond acceptors (Lipinski definition) is 1. The normalized spacial score (nSPS) is 11.8. The summed E-state index contributed by atoms with van der Waals surface area (Å²) in [6.45, 7) is 3.98. The summed E-state index contributed by atoms with van der Waals surface area (Å²) in [6.07, 6.45) is 0. The molecular formula is C16H16Cl2N2S. The van der Waals surface area contributed by atoms with E-state index in [9.17, 15) is 0 Å². The summed E-state index contributed by atoms with van der Waals surface area (Å²) >= 11 is 17.5. The number of anilines is 1. The molecule has 2 rings (SSSR count). The van der Waals surface area contributed by atoms with Crippen molar-refractivity contribution < 1.29 is 0 Å². The molecule has 0 spiro atoms. The fraction of sp³-hybridized carbons (Fsp3) is 0.188. The molecule has 0 aliphatic carbocycles. The predicted molar refractivity (Wildman–Crippen MR) is 95.4 cm³/mol. The largest absolute Gasteiger partial charge is 0.356 e. The second-order valence-corrected chi connectivity index (χ2v) is 6.04. The highest BCUT2D eigenvalue weighted by Gasteiger charge is 2.09. The maximum Gasteiger partial charge on any atom is 0.171 e. The minimum absolute atomic E-state index is 0.0585. The lowest BCUT2D eigenvalue weighted by Gasteiger charge is -2.18. The van der Waals surface area contributed by atoms with E-state index < -0.39 is 0 Å². The van der Waals surface area contributed by atoms with Crippen LogP contribution in [0.5, 0.6) is 0 Å². The number of benzene rings is 2. The van der Waals surface area contributed by atoms with E-state index in [-0.39, 0.29) is 6.04 Å². The Kier molecular flexibility index (Phi) is 5.45. The molecule has 0 saturated heterocycles. The Morgan fingerprint density at radius 1 is 1.14 bits per heavy atom. The minimum Gasteiger partial charge on any atom is -0.356 e. The number of hydrogen-bond donors (Lipinski definition) is 2. The topological polar surface area (TPSA) is 24.1 Å². The van der Waals surface area contributed by atoms with Crippen LogP contribution in [0.1, 0.15) is 24.1 Å². The van der Waals surface area contributed by atoms with Crippen molar-refractivity contribution in [1.29, 1.82) is 0 Å². The molecule has 0 fully saturated rings. The number of thiocarbonyl (C=S) groups is 1. The molecule has 2 N–H and O–H groups in total. The molecule has 0 aliphatic rings. The highest BCUT2D eigenvalue weighted by Crippen LogP contribution is 2.23. The van der Waals surface area contributed by atoms with Gasteiger partial charge < -0.3 is 10.6 Å². The molecule has 2 aromatic rings. The summed E-state index contributed by atoms with van der Waals surface area (Å²) in [5.74, 6) is 0. The highest BCUT2D eigenvalue weighted by molar-refractivity contribution is 7.80. The summed E-state index contributed by atoms with van der Waals surface area (Å²) in [6, 6.07) is 13.5. The first-order valence-electron chi connectivity index (χ1n) is 6.55. The lowest BCUT2D eigenvalue weighted by Crippen LogP contribution is -2.31. The Balaban J connectivity index is 2.03. The fourth-order valence-electron chi connectivity index (χ4n) is 1.96. The molecule has 0 bridgehead atoms. The van der Waals surface area contributed by atoms with Crippen molar-refractivity contribution >= 4 is 46.2 Å². The van der Waals surface area contributed by atoms with E-state index in [4.69, 9.17) is 35.4 Å². The average molecular weight is 339 g/mol. The predicted octanol–water partition coefficient (Wildman–Crippen LogP) is 5.35. The number of rotatable bonds is 3. The fourth-order valence-corrected chi connectivity index (χ4v) is 2.62. The second-order valence-electron chi connectivity index (χ2n) is 4.79. The van der Waals surface area contributed by atoms with Crippen LogP contribution >= 0.6 is 35.4 Å². The third-order valence-electron chi connectivity index (χ3n) is 3.21. The Labute approximate surface area is 140 Å². The van der Waals surface area contributed by atoms with Crippen LogP contribution in [0.3, 0.4) is 0 Å². The summed E-state index contributed by atoms with van der Waals surface area (Å²) in [7, 11) is 0. The van der Waals surface area contributed by atoms with Crippen LogP contribution in [-0.2, 0) is 0 Å². The second kappa shape index (κ2) is 7.12. The van der Waals surface area contributed by atoms with Crippen LogP contribution < -0.4 is 10.6 Å². The molecule has 0 radical (unpaired) electrons. The van der Waals surface area contributed by atoms with Crippen LogP contribution in [-0.4, -0.2) is 5.11 Å². The van der Waals surface area contributed by atoms with E-state index in [1.165, 1.54) is 0 Å². The Morgan fingerprint density at radius 2 is 1.86 bits per heavy atom. The Bertz CT molecular complexity index is 658. The van der Waals surface area contributed by atoms with Gasteiger partial charge in [0.05, 0.1) is 6.04 Å². The number of nitrogens with one attached hydrogen (secondary N) is 2. The van der Waals surface area contributed by atoms with Crippen molar-refractivity contribution in [3.05, 3.63) is 63.6 Å². The Morgan fingerprint density at radius 3 is 2.57 bits per heavy atom. The van der Waals surface area contributed by atoms with Crippen molar-refractivity contribution in [2.75, 3.05) is 5.32 Å². The van der Waals surface area contributed by atoms with Crippen molar-refractivity contribution in [1.82, 2.24) is 5.32 Å². The smallest absolute Gasteiger partial charge is 0.171 e. The van der Waals surface area contributed by atoms with E-state index in [1.54, 1.807) is 0 Å². The molecular weight excluding hydrogens is 323 g/mol. The quantitative estimate of drug-likeness (QED) is 0.737. The van der Waals surface area contributed by atoms with Gasteiger partial charge in [-0.3, -0.25) is 0 Å². The van der Waals surface area contributed by atoms with Gasteiger partial charge in [0, 0.05) is 15.7 Å². The minimum atomic E-state index is 0.0585. The van der Waals surface area contributed by atoms with Gasteiger partial charge in [-0.25, -0.2) is 0 Å². The summed E-state index contributed by atoms with van der Waals surface area (Å²) in [5, 5.41) is 8.38. The van der Waals surface area contributed by atoms with E-state index in [1.807, 2.05) is 56.3 Å². The zero-order chi connectivity index (χ0) is 15.4. The van der Waals surface area contributed by atoms with Gasteiger partial charge in [0.1, 0.15) is 0 Å². The van der Waals surface area contributed by atoms with Gasteiger partial charge in [-0.1, -0.05) is 41.4 Å². The first kappa shape index (κ1) is 16.1. The first-order valence-corrected chi connectivity index (χ1v) is 7.72. The first-order chi connectivity index (χ1) is 9.97. The molecule has 1 atom stereocenters. The van der Waals surface area contributed by atoms with Crippen LogP contribution in [0.25, 0.3) is 0 Å². The van der Waals surface area contributed by atoms with Crippen molar-refractivity contribution in [2.24, 2.45) is 0 Å². The van der Waals surface area contributed by atoms with E-state index in [0.717, 1.165) is 16.8 Å². The number of halogens is 2. The average Bonchev–Trinajstić information content (AvgIpc) is 2.44. The van der Waals surface area contributed by atoms with Gasteiger partial charge in [0.2, 0.25) is 0 Å². The van der Waals surface area contributed by atoms with Gasteiger partial charge in [-0.2, -0.15) is 0 Å². The van der Waals surface area contributed by atoms with Gasteiger partial charge in [-0.15, -0.1) is 0 Å². The summed E-state index contributed by atoms with van der Waals surface area (Å²) in [4.78, 5) is 0. The molecule has 2 aromatic carbocycles. The molecule has 0 heterocycles. The summed E-state index contributed by atoms with van der Waals surface area (Å²) < 4.78 is 0. The molecule has 21 heavy (non-hydrogen) atoms. The van der Waals surface area contributed by atoms with Crippen LogP contribution in [0, 0.1) is 6.92 Å². The molecule has 2 nitrogen and oxygen atoms in total. The molecule has 5 heteroatoms.